The third kappa shape index (κ3) is 14.1. The van der Waals surface area contributed by atoms with Gasteiger partial charge in [-0.3, -0.25) is 24.0 Å². The number of amides is 5. The molecule has 1 aromatic rings. The van der Waals surface area contributed by atoms with Crippen LogP contribution >= 0.6 is 0 Å². The molecule has 0 aliphatic rings. The van der Waals surface area contributed by atoms with Gasteiger partial charge in [0.1, 0.15) is 37.4 Å². The molecule has 0 aromatic heterocycles. The van der Waals surface area contributed by atoms with E-state index < -0.39 is 66.5 Å². The number of alkyl carbamates (subject to hydrolysis) is 1. The van der Waals surface area contributed by atoms with Crippen LogP contribution in [0.25, 0.3) is 0 Å². The van der Waals surface area contributed by atoms with Crippen molar-refractivity contribution in [2.75, 3.05) is 19.6 Å². The molecule has 2 atom stereocenters. The highest BCUT2D eigenvalue weighted by Crippen LogP contribution is 2.06. The van der Waals surface area contributed by atoms with Crippen LogP contribution in [-0.4, -0.2) is 73.0 Å². The quantitative estimate of drug-likeness (QED) is 0.228. The number of carbonyl (C=O) groups excluding carboxylic acids is 6. The first-order valence-corrected chi connectivity index (χ1v) is 11.6. The van der Waals surface area contributed by atoms with Gasteiger partial charge in [-0.2, -0.15) is 0 Å². The summed E-state index contributed by atoms with van der Waals surface area (Å²) in [6.45, 7) is 6.66. The van der Waals surface area contributed by atoms with Crippen LogP contribution in [0.1, 0.15) is 40.2 Å². The number of esters is 1. The Morgan fingerprint density at radius 2 is 1.24 bits per heavy atom. The summed E-state index contributed by atoms with van der Waals surface area (Å²) in [5.74, 6) is -3.20. The van der Waals surface area contributed by atoms with E-state index in [4.69, 9.17) is 9.47 Å². The standard InChI is InChI=1S/C24H35N5O8/c1-15(29-19(31)12-27-23(35)37-24(3,4)5)21(33)25-11-18(30)28-16(2)22(34)26-13-20(32)36-14-17-9-7-6-8-10-17/h6-10,15-16H,11-14H2,1-5H3,(H,25,33)(H,26,34)(H,27,35)(H,28,30)(H,29,31)/t15-,16+/m0/s1. The first-order valence-electron chi connectivity index (χ1n) is 11.6. The average molecular weight is 522 g/mol. The molecule has 13 heteroatoms. The Labute approximate surface area is 215 Å². The molecule has 37 heavy (non-hydrogen) atoms. The topological polar surface area (TPSA) is 181 Å². The van der Waals surface area contributed by atoms with Crippen molar-refractivity contribution in [3.05, 3.63) is 35.9 Å². The SMILES string of the molecule is C[C@H](NC(=O)CNC(=O)OC(C)(C)C)C(=O)NCC(=O)N[C@H](C)C(=O)NCC(=O)OCc1ccccc1. The fourth-order valence-electron chi connectivity index (χ4n) is 2.60. The summed E-state index contributed by atoms with van der Waals surface area (Å²) in [7, 11) is 0. The van der Waals surface area contributed by atoms with Crippen LogP contribution in [0.3, 0.4) is 0 Å². The summed E-state index contributed by atoms with van der Waals surface area (Å²) in [4.78, 5) is 71.5. The van der Waals surface area contributed by atoms with Gasteiger partial charge in [0.15, 0.2) is 0 Å². The van der Waals surface area contributed by atoms with Crippen LogP contribution in [0.5, 0.6) is 0 Å². The lowest BCUT2D eigenvalue weighted by Crippen LogP contribution is -2.52. The van der Waals surface area contributed by atoms with Crippen LogP contribution in [0, 0.1) is 0 Å². The normalized spacial score (nSPS) is 12.2. The Morgan fingerprint density at radius 1 is 0.757 bits per heavy atom. The summed E-state index contributed by atoms with van der Waals surface area (Å²) >= 11 is 0. The van der Waals surface area contributed by atoms with Gasteiger partial charge >= 0.3 is 12.1 Å². The molecule has 0 unspecified atom stereocenters. The minimum absolute atomic E-state index is 0.0701. The number of carbonyl (C=O) groups is 6. The van der Waals surface area contributed by atoms with Gasteiger partial charge in [0.2, 0.25) is 23.6 Å². The van der Waals surface area contributed by atoms with Crippen molar-refractivity contribution >= 4 is 35.7 Å². The lowest BCUT2D eigenvalue weighted by atomic mass is 10.2. The molecule has 0 fully saturated rings. The highest BCUT2D eigenvalue weighted by molar-refractivity contribution is 5.93. The van der Waals surface area contributed by atoms with Crippen LogP contribution in [0.15, 0.2) is 30.3 Å². The summed E-state index contributed by atoms with van der Waals surface area (Å²) in [5.41, 5.74) is 0.0807. The second-order valence-electron chi connectivity index (χ2n) is 9.02. The summed E-state index contributed by atoms with van der Waals surface area (Å²) in [6, 6.07) is 7.05. The summed E-state index contributed by atoms with van der Waals surface area (Å²) < 4.78 is 10.1. The molecule has 5 amide bonds. The van der Waals surface area contributed by atoms with Crippen LogP contribution in [0.4, 0.5) is 4.79 Å². The zero-order valence-corrected chi connectivity index (χ0v) is 21.6. The fourth-order valence-corrected chi connectivity index (χ4v) is 2.60. The van der Waals surface area contributed by atoms with Gasteiger partial charge in [-0.1, -0.05) is 30.3 Å². The molecule has 0 saturated heterocycles. The van der Waals surface area contributed by atoms with Gasteiger partial charge < -0.3 is 36.1 Å². The van der Waals surface area contributed by atoms with Crippen molar-refractivity contribution in [1.82, 2.24) is 26.6 Å². The van der Waals surface area contributed by atoms with E-state index in [1.165, 1.54) is 13.8 Å². The largest absolute Gasteiger partial charge is 0.460 e. The van der Waals surface area contributed by atoms with Crippen LogP contribution in [0.2, 0.25) is 0 Å². The lowest BCUT2D eigenvalue weighted by Gasteiger charge is -2.20. The first kappa shape index (κ1) is 30.9. The summed E-state index contributed by atoms with van der Waals surface area (Å²) in [5, 5.41) is 11.7. The first-order chi connectivity index (χ1) is 17.3. The van der Waals surface area contributed by atoms with E-state index in [9.17, 15) is 28.8 Å². The van der Waals surface area contributed by atoms with Gasteiger partial charge in [0.05, 0.1) is 6.54 Å². The van der Waals surface area contributed by atoms with Gasteiger partial charge in [0, 0.05) is 0 Å². The van der Waals surface area contributed by atoms with Gasteiger partial charge in [-0.25, -0.2) is 4.79 Å². The third-order valence-electron chi connectivity index (χ3n) is 4.41. The van der Waals surface area contributed by atoms with E-state index in [1.807, 2.05) is 6.07 Å². The number of rotatable bonds is 12. The van der Waals surface area contributed by atoms with E-state index in [1.54, 1.807) is 45.0 Å². The number of hydrogen-bond acceptors (Lipinski definition) is 8. The highest BCUT2D eigenvalue weighted by atomic mass is 16.6. The van der Waals surface area contributed by atoms with Gasteiger partial charge in [-0.15, -0.1) is 0 Å². The van der Waals surface area contributed by atoms with E-state index in [-0.39, 0.29) is 13.2 Å². The van der Waals surface area contributed by atoms with Crippen LogP contribution in [-0.2, 0) is 40.1 Å². The maximum absolute atomic E-state index is 12.1. The number of benzene rings is 1. The Morgan fingerprint density at radius 3 is 1.76 bits per heavy atom. The molecule has 1 aromatic carbocycles. The number of ether oxygens (including phenoxy) is 2. The van der Waals surface area contributed by atoms with Crippen molar-refractivity contribution in [2.45, 2.75) is 58.9 Å². The minimum atomic E-state index is -0.997. The van der Waals surface area contributed by atoms with Gasteiger partial charge in [0.25, 0.3) is 0 Å². The molecule has 1 rings (SSSR count). The highest BCUT2D eigenvalue weighted by Gasteiger charge is 2.21. The van der Waals surface area contributed by atoms with Crippen LogP contribution < -0.4 is 26.6 Å². The maximum atomic E-state index is 12.1. The van der Waals surface area contributed by atoms with Crippen molar-refractivity contribution in [3.63, 3.8) is 0 Å². The molecule has 0 aliphatic carbocycles. The lowest BCUT2D eigenvalue weighted by molar-refractivity contribution is -0.145. The minimum Gasteiger partial charge on any atom is -0.460 e. The zero-order valence-electron chi connectivity index (χ0n) is 21.6. The number of hydrogen-bond donors (Lipinski definition) is 5. The molecular weight excluding hydrogens is 486 g/mol. The van der Waals surface area contributed by atoms with Crippen molar-refractivity contribution in [3.8, 4) is 0 Å². The molecule has 5 N–H and O–H groups in total. The fraction of sp³-hybridized carbons (Fsp3) is 0.500. The molecule has 0 heterocycles. The third-order valence-corrected chi connectivity index (χ3v) is 4.41. The predicted molar refractivity (Wildman–Crippen MR) is 132 cm³/mol. The number of nitrogens with one attached hydrogen (secondary N) is 5. The maximum Gasteiger partial charge on any atom is 0.408 e. The van der Waals surface area contributed by atoms with Crippen molar-refractivity contribution in [1.29, 1.82) is 0 Å². The zero-order chi connectivity index (χ0) is 28.0. The molecular formula is C24H35N5O8. The van der Waals surface area contributed by atoms with Gasteiger partial charge in [-0.05, 0) is 40.2 Å². The second kappa shape index (κ2) is 15.1. The Bertz CT molecular complexity index is 962. The van der Waals surface area contributed by atoms with E-state index in [0.717, 1.165) is 5.56 Å². The molecule has 13 nitrogen and oxygen atoms in total. The molecule has 0 radical (unpaired) electrons. The molecule has 0 spiro atoms. The van der Waals surface area contributed by atoms with Crippen molar-refractivity contribution < 1.29 is 38.2 Å². The Kier molecular flexibility index (Phi) is 12.6. The van der Waals surface area contributed by atoms with E-state index in [2.05, 4.69) is 26.6 Å². The summed E-state index contributed by atoms with van der Waals surface area (Å²) in [6.07, 6.45) is -0.779. The molecule has 0 aliphatic heterocycles. The van der Waals surface area contributed by atoms with E-state index in [0.29, 0.717) is 0 Å². The van der Waals surface area contributed by atoms with Crippen molar-refractivity contribution in [2.24, 2.45) is 0 Å². The molecule has 0 saturated carbocycles. The predicted octanol–water partition coefficient (Wildman–Crippen LogP) is -0.504. The Hall–Kier alpha value is -4.16. The monoisotopic (exact) mass is 521 g/mol. The molecule has 204 valence electrons. The van der Waals surface area contributed by atoms with E-state index >= 15 is 0 Å². The smallest absolute Gasteiger partial charge is 0.408 e. The molecule has 0 bridgehead atoms. The average Bonchev–Trinajstić information content (AvgIpc) is 2.82. The Balaban J connectivity index is 2.27. The second-order valence-corrected chi connectivity index (χ2v) is 9.02.